The van der Waals surface area contributed by atoms with E-state index >= 15 is 0 Å². The van der Waals surface area contributed by atoms with Gasteiger partial charge in [0.05, 0.1) is 10.5 Å². The van der Waals surface area contributed by atoms with E-state index in [0.29, 0.717) is 16.3 Å². The standard InChI is InChI=1S/C14H10ClN3O3/c15-9-3-6-12-11(7-9)14(19)17-13(16-12)8-1-4-10(5-2-8)18(20)21/h1-7,13,16H,(H,17,19). The molecular formula is C14H10ClN3O3. The molecule has 0 radical (unpaired) electrons. The molecule has 2 aromatic rings. The van der Waals surface area contributed by atoms with Gasteiger partial charge in [-0.15, -0.1) is 0 Å². The lowest BCUT2D eigenvalue weighted by molar-refractivity contribution is -0.384. The van der Waals surface area contributed by atoms with Crippen LogP contribution in [0.1, 0.15) is 22.1 Å². The Balaban J connectivity index is 1.90. The molecule has 0 aliphatic carbocycles. The zero-order valence-electron chi connectivity index (χ0n) is 10.7. The highest BCUT2D eigenvalue weighted by Crippen LogP contribution is 2.29. The Morgan fingerprint density at radius 1 is 1.10 bits per heavy atom. The van der Waals surface area contributed by atoms with Gasteiger partial charge in [-0.25, -0.2) is 0 Å². The van der Waals surface area contributed by atoms with Crippen molar-refractivity contribution >= 4 is 28.9 Å². The zero-order chi connectivity index (χ0) is 15.0. The maximum Gasteiger partial charge on any atom is 0.269 e. The van der Waals surface area contributed by atoms with Crippen molar-refractivity contribution in [1.29, 1.82) is 0 Å². The quantitative estimate of drug-likeness (QED) is 0.659. The van der Waals surface area contributed by atoms with Crippen LogP contribution in [0.3, 0.4) is 0 Å². The highest BCUT2D eigenvalue weighted by molar-refractivity contribution is 6.31. The number of halogens is 1. The largest absolute Gasteiger partial charge is 0.361 e. The molecule has 0 spiro atoms. The number of hydrogen-bond donors (Lipinski definition) is 2. The van der Waals surface area contributed by atoms with Crippen LogP contribution in [0.4, 0.5) is 11.4 Å². The van der Waals surface area contributed by atoms with Crippen molar-refractivity contribution in [2.45, 2.75) is 6.17 Å². The Bertz CT molecular complexity index is 731. The van der Waals surface area contributed by atoms with Gasteiger partial charge in [-0.3, -0.25) is 14.9 Å². The molecule has 0 bridgehead atoms. The van der Waals surface area contributed by atoms with Crippen molar-refractivity contribution in [3.05, 3.63) is 68.7 Å². The molecule has 0 saturated carbocycles. The summed E-state index contributed by atoms with van der Waals surface area (Å²) in [5.41, 5.74) is 1.88. The fraction of sp³-hybridized carbons (Fsp3) is 0.0714. The van der Waals surface area contributed by atoms with Crippen LogP contribution >= 0.6 is 11.6 Å². The van der Waals surface area contributed by atoms with Crippen LogP contribution < -0.4 is 10.6 Å². The average molecular weight is 304 g/mol. The minimum atomic E-state index is -0.464. The first-order chi connectivity index (χ1) is 10.0. The van der Waals surface area contributed by atoms with Crippen LogP contribution in [0.5, 0.6) is 0 Å². The topological polar surface area (TPSA) is 84.3 Å². The third-order valence-corrected chi connectivity index (χ3v) is 3.47. The molecule has 1 atom stereocenters. The van der Waals surface area contributed by atoms with Gasteiger partial charge in [0.1, 0.15) is 6.17 Å². The number of hydrogen-bond acceptors (Lipinski definition) is 4. The number of amides is 1. The lowest BCUT2D eigenvalue weighted by atomic mass is 10.1. The number of carbonyl (C=O) groups excluding carboxylic acids is 1. The summed E-state index contributed by atoms with van der Waals surface area (Å²) in [5.74, 6) is -0.241. The second-order valence-corrected chi connectivity index (χ2v) is 5.03. The summed E-state index contributed by atoms with van der Waals surface area (Å²) in [7, 11) is 0. The SMILES string of the molecule is O=C1NC(c2ccc([N+](=O)[O-])cc2)Nc2ccc(Cl)cc21. The molecule has 6 nitrogen and oxygen atoms in total. The molecule has 1 amide bonds. The van der Waals surface area contributed by atoms with Gasteiger partial charge < -0.3 is 10.6 Å². The van der Waals surface area contributed by atoms with Crippen molar-refractivity contribution < 1.29 is 9.72 Å². The first-order valence-electron chi connectivity index (χ1n) is 6.16. The van der Waals surface area contributed by atoms with E-state index in [4.69, 9.17) is 11.6 Å². The van der Waals surface area contributed by atoms with E-state index in [1.54, 1.807) is 30.3 Å². The molecule has 1 unspecified atom stereocenters. The Morgan fingerprint density at radius 2 is 1.81 bits per heavy atom. The van der Waals surface area contributed by atoms with Crippen molar-refractivity contribution in [2.24, 2.45) is 0 Å². The summed E-state index contributed by atoms with van der Waals surface area (Å²) in [6.07, 6.45) is -0.438. The van der Waals surface area contributed by atoms with Gasteiger partial charge in [-0.05, 0) is 35.9 Å². The van der Waals surface area contributed by atoms with Gasteiger partial charge in [0.2, 0.25) is 0 Å². The summed E-state index contributed by atoms with van der Waals surface area (Å²) in [5, 5.41) is 17.1. The van der Waals surface area contributed by atoms with E-state index < -0.39 is 11.1 Å². The van der Waals surface area contributed by atoms with Crippen LogP contribution in [0.15, 0.2) is 42.5 Å². The van der Waals surface area contributed by atoms with Gasteiger partial charge >= 0.3 is 0 Å². The second-order valence-electron chi connectivity index (χ2n) is 4.59. The fourth-order valence-corrected chi connectivity index (χ4v) is 2.36. The third-order valence-electron chi connectivity index (χ3n) is 3.24. The molecule has 0 saturated heterocycles. The second kappa shape index (κ2) is 5.06. The van der Waals surface area contributed by atoms with Crippen LogP contribution in [0.2, 0.25) is 5.02 Å². The number of non-ortho nitro benzene ring substituents is 1. The number of nitro benzene ring substituents is 1. The van der Waals surface area contributed by atoms with Crippen LogP contribution in [0, 0.1) is 10.1 Å². The molecule has 0 fully saturated rings. The molecule has 2 aromatic carbocycles. The molecule has 106 valence electrons. The Labute approximate surface area is 124 Å². The van der Waals surface area contributed by atoms with Gasteiger partial charge in [-0.1, -0.05) is 11.6 Å². The minimum Gasteiger partial charge on any atom is -0.361 e. The van der Waals surface area contributed by atoms with E-state index in [2.05, 4.69) is 10.6 Å². The monoisotopic (exact) mass is 303 g/mol. The molecule has 0 aromatic heterocycles. The Kier molecular flexibility index (Phi) is 3.23. The van der Waals surface area contributed by atoms with Crippen molar-refractivity contribution in [1.82, 2.24) is 5.32 Å². The highest BCUT2D eigenvalue weighted by Gasteiger charge is 2.25. The lowest BCUT2D eigenvalue weighted by Gasteiger charge is -2.28. The molecular weight excluding hydrogens is 294 g/mol. The number of nitro groups is 1. The van der Waals surface area contributed by atoms with Crippen molar-refractivity contribution in [3.63, 3.8) is 0 Å². The zero-order valence-corrected chi connectivity index (χ0v) is 11.4. The smallest absolute Gasteiger partial charge is 0.269 e. The van der Waals surface area contributed by atoms with Gasteiger partial charge in [0.15, 0.2) is 0 Å². The molecule has 1 aliphatic heterocycles. The highest BCUT2D eigenvalue weighted by atomic mass is 35.5. The fourth-order valence-electron chi connectivity index (χ4n) is 2.19. The Hall–Kier alpha value is -2.60. The molecule has 3 rings (SSSR count). The number of nitrogens with one attached hydrogen (secondary N) is 2. The summed E-state index contributed by atoms with van der Waals surface area (Å²) < 4.78 is 0. The maximum atomic E-state index is 12.1. The van der Waals surface area contributed by atoms with Crippen molar-refractivity contribution in [3.8, 4) is 0 Å². The number of rotatable bonds is 2. The maximum absolute atomic E-state index is 12.1. The molecule has 21 heavy (non-hydrogen) atoms. The normalized spacial score (nSPS) is 16.6. The van der Waals surface area contributed by atoms with Crippen LogP contribution in [0.25, 0.3) is 0 Å². The third kappa shape index (κ3) is 2.53. The van der Waals surface area contributed by atoms with Gasteiger partial charge in [0, 0.05) is 22.8 Å². The number of benzene rings is 2. The van der Waals surface area contributed by atoms with Gasteiger partial charge in [-0.2, -0.15) is 0 Å². The average Bonchev–Trinajstić information content (AvgIpc) is 2.48. The lowest BCUT2D eigenvalue weighted by Crippen LogP contribution is -2.38. The number of carbonyl (C=O) groups is 1. The summed E-state index contributed by atoms with van der Waals surface area (Å²) in [4.78, 5) is 22.3. The first-order valence-corrected chi connectivity index (χ1v) is 6.54. The van der Waals surface area contributed by atoms with E-state index in [-0.39, 0.29) is 11.6 Å². The molecule has 1 aliphatic rings. The van der Waals surface area contributed by atoms with E-state index in [0.717, 1.165) is 5.56 Å². The molecule has 7 heteroatoms. The first kappa shape index (κ1) is 13.4. The summed E-state index contributed by atoms with van der Waals surface area (Å²) in [6.45, 7) is 0. The van der Waals surface area contributed by atoms with E-state index in [1.807, 2.05) is 0 Å². The predicted octanol–water partition coefficient (Wildman–Crippen LogP) is 3.10. The molecule has 2 N–H and O–H groups in total. The van der Waals surface area contributed by atoms with Gasteiger partial charge in [0.25, 0.3) is 11.6 Å². The molecule has 1 heterocycles. The predicted molar refractivity (Wildman–Crippen MR) is 78.4 cm³/mol. The number of fused-ring (bicyclic) bond motifs is 1. The van der Waals surface area contributed by atoms with Crippen LogP contribution in [-0.4, -0.2) is 10.8 Å². The van der Waals surface area contributed by atoms with E-state index in [1.165, 1.54) is 12.1 Å². The summed E-state index contributed by atoms with van der Waals surface area (Å²) >= 11 is 5.87. The van der Waals surface area contributed by atoms with Crippen molar-refractivity contribution in [2.75, 3.05) is 5.32 Å². The number of nitrogens with zero attached hydrogens (tertiary/aromatic N) is 1. The summed E-state index contributed by atoms with van der Waals surface area (Å²) in [6, 6.07) is 11.0. The Morgan fingerprint density at radius 3 is 2.48 bits per heavy atom. The van der Waals surface area contributed by atoms with E-state index in [9.17, 15) is 14.9 Å². The number of anilines is 1. The minimum absolute atomic E-state index is 0.00747. The van der Waals surface area contributed by atoms with Crippen LogP contribution in [-0.2, 0) is 0 Å².